The van der Waals surface area contributed by atoms with Crippen molar-refractivity contribution in [2.75, 3.05) is 17.7 Å². The van der Waals surface area contributed by atoms with Crippen LogP contribution in [0.3, 0.4) is 0 Å². The van der Waals surface area contributed by atoms with E-state index in [9.17, 15) is 9.59 Å². The van der Waals surface area contributed by atoms with Crippen molar-refractivity contribution in [3.63, 3.8) is 0 Å². The molecule has 2 aromatic heterocycles. The molecule has 0 aliphatic rings. The predicted molar refractivity (Wildman–Crippen MR) is 143 cm³/mol. The van der Waals surface area contributed by atoms with Crippen LogP contribution in [-0.4, -0.2) is 24.0 Å². The maximum absolute atomic E-state index is 12.3. The number of hydrogen-bond acceptors (Lipinski definition) is 6. The minimum absolute atomic E-state index is 0.112. The van der Waals surface area contributed by atoms with Crippen LogP contribution in [0.2, 0.25) is 0 Å². The van der Waals surface area contributed by atoms with Crippen molar-refractivity contribution in [3.8, 4) is 17.1 Å². The summed E-state index contributed by atoms with van der Waals surface area (Å²) >= 11 is 6.59. The number of anilines is 2. The summed E-state index contributed by atoms with van der Waals surface area (Å²) in [5, 5.41) is 10.3. The topological polar surface area (TPSA) is 92.6 Å². The highest BCUT2D eigenvalue weighted by molar-refractivity contribution is 7.80. The van der Waals surface area contributed by atoms with Crippen molar-refractivity contribution < 1.29 is 18.7 Å². The van der Waals surface area contributed by atoms with Crippen molar-refractivity contribution in [1.29, 1.82) is 0 Å². The third kappa shape index (κ3) is 6.44. The molecular weight excluding hydrogens is 482 g/mol. The molecule has 0 aliphatic carbocycles. The van der Waals surface area contributed by atoms with Crippen LogP contribution in [0.4, 0.5) is 11.4 Å². The van der Waals surface area contributed by atoms with Gasteiger partial charge in [-0.1, -0.05) is 36.4 Å². The molecule has 0 saturated carbocycles. The first-order chi connectivity index (χ1) is 17.0. The normalized spacial score (nSPS) is 10.7. The van der Waals surface area contributed by atoms with Crippen LogP contribution in [0.15, 0.2) is 88.7 Å². The lowest BCUT2D eigenvalue weighted by molar-refractivity contribution is -0.115. The molecule has 3 N–H and O–H groups in total. The highest BCUT2D eigenvalue weighted by atomic mass is 32.1. The van der Waals surface area contributed by atoms with E-state index >= 15 is 0 Å². The third-order valence-corrected chi connectivity index (χ3v) is 5.85. The third-order valence-electron chi connectivity index (χ3n) is 4.77. The molecule has 4 aromatic rings. The van der Waals surface area contributed by atoms with Gasteiger partial charge in [0.2, 0.25) is 5.91 Å². The maximum atomic E-state index is 12.3. The van der Waals surface area contributed by atoms with Crippen LogP contribution < -0.4 is 20.7 Å². The van der Waals surface area contributed by atoms with Crippen molar-refractivity contribution in [1.82, 2.24) is 5.32 Å². The Morgan fingerprint density at radius 2 is 1.83 bits per heavy atom. The maximum Gasteiger partial charge on any atom is 0.265 e. The second-order valence-electron chi connectivity index (χ2n) is 7.19. The van der Waals surface area contributed by atoms with Gasteiger partial charge in [0.25, 0.3) is 5.91 Å². The van der Waals surface area contributed by atoms with Crippen molar-refractivity contribution in [3.05, 3.63) is 94.9 Å². The Morgan fingerprint density at radius 3 is 2.57 bits per heavy atom. The summed E-state index contributed by atoms with van der Waals surface area (Å²) in [6.07, 6.45) is 2.91. The summed E-state index contributed by atoms with van der Waals surface area (Å²) in [6, 6.07) is 22.0. The molecule has 0 spiro atoms. The zero-order valence-corrected chi connectivity index (χ0v) is 20.2. The van der Waals surface area contributed by atoms with Gasteiger partial charge in [0.15, 0.2) is 5.11 Å². The number of carbonyl (C=O) groups excluding carboxylic acids is 2. The van der Waals surface area contributed by atoms with Crippen LogP contribution in [0, 0.1) is 0 Å². The van der Waals surface area contributed by atoms with Gasteiger partial charge in [0.05, 0.1) is 17.7 Å². The fraction of sp³-hybridized carbons (Fsp3) is 0.0385. The summed E-state index contributed by atoms with van der Waals surface area (Å²) < 4.78 is 11.1. The Kier molecular flexibility index (Phi) is 7.71. The number of ether oxygens (including phenoxy) is 1. The summed E-state index contributed by atoms with van der Waals surface area (Å²) in [5.41, 5.74) is 2.06. The van der Waals surface area contributed by atoms with E-state index in [0.717, 1.165) is 5.56 Å². The van der Waals surface area contributed by atoms with Crippen LogP contribution in [-0.2, 0) is 4.79 Å². The van der Waals surface area contributed by atoms with Gasteiger partial charge in [-0.3, -0.25) is 14.9 Å². The minimum atomic E-state index is -0.410. The number of carbonyl (C=O) groups is 2. The highest BCUT2D eigenvalue weighted by Gasteiger charge is 2.12. The Morgan fingerprint density at radius 1 is 1.00 bits per heavy atom. The SMILES string of the molecule is COc1cc(NC(=S)NC(=O)C=Cc2ccc(-c3ccccc3)o2)ccc1NC(=O)c1cccs1. The first kappa shape index (κ1) is 23.9. The van der Waals surface area contributed by atoms with Crippen LogP contribution in [0.5, 0.6) is 5.75 Å². The first-order valence-electron chi connectivity index (χ1n) is 10.5. The van der Waals surface area contributed by atoms with E-state index in [0.29, 0.717) is 33.5 Å². The average molecular weight is 504 g/mol. The van der Waals surface area contributed by atoms with E-state index in [-0.39, 0.29) is 11.0 Å². The molecule has 176 valence electrons. The lowest BCUT2D eigenvalue weighted by Crippen LogP contribution is -2.32. The van der Waals surface area contributed by atoms with E-state index in [1.165, 1.54) is 24.5 Å². The number of thiophene rings is 1. The summed E-state index contributed by atoms with van der Waals surface area (Å²) in [5.74, 6) is 1.07. The lowest BCUT2D eigenvalue weighted by Gasteiger charge is -2.13. The Bertz CT molecular complexity index is 1360. The molecule has 0 fully saturated rings. The number of benzene rings is 2. The molecular formula is C26H21N3O4S2. The van der Waals surface area contributed by atoms with E-state index in [1.54, 1.807) is 36.4 Å². The minimum Gasteiger partial charge on any atom is -0.494 e. The molecule has 0 unspecified atom stereocenters. The van der Waals surface area contributed by atoms with E-state index in [2.05, 4.69) is 16.0 Å². The van der Waals surface area contributed by atoms with Gasteiger partial charge in [0.1, 0.15) is 17.3 Å². The van der Waals surface area contributed by atoms with Gasteiger partial charge in [0, 0.05) is 23.4 Å². The second-order valence-corrected chi connectivity index (χ2v) is 8.55. The predicted octanol–water partition coefficient (Wildman–Crippen LogP) is 5.80. The number of hydrogen-bond donors (Lipinski definition) is 3. The van der Waals surface area contributed by atoms with Crippen molar-refractivity contribution in [2.45, 2.75) is 0 Å². The van der Waals surface area contributed by atoms with Crippen molar-refractivity contribution >= 4 is 57.9 Å². The quantitative estimate of drug-likeness (QED) is 0.218. The number of thiocarbonyl (C=S) groups is 1. The molecule has 2 heterocycles. The number of nitrogens with one attached hydrogen (secondary N) is 3. The first-order valence-corrected chi connectivity index (χ1v) is 11.8. The van der Waals surface area contributed by atoms with E-state index in [4.69, 9.17) is 21.4 Å². The largest absolute Gasteiger partial charge is 0.494 e. The van der Waals surface area contributed by atoms with Crippen molar-refractivity contribution in [2.24, 2.45) is 0 Å². The van der Waals surface area contributed by atoms with Gasteiger partial charge < -0.3 is 19.8 Å². The Balaban J connectivity index is 1.32. The lowest BCUT2D eigenvalue weighted by atomic mass is 10.2. The number of furan rings is 1. The molecule has 0 bridgehead atoms. The fourth-order valence-corrected chi connectivity index (χ4v) is 3.98. The van der Waals surface area contributed by atoms with E-state index < -0.39 is 5.91 Å². The highest BCUT2D eigenvalue weighted by Crippen LogP contribution is 2.29. The Hall–Kier alpha value is -4.21. The molecule has 0 radical (unpaired) electrons. The van der Waals surface area contributed by atoms with Gasteiger partial charge in [-0.25, -0.2) is 0 Å². The molecule has 9 heteroatoms. The van der Waals surface area contributed by atoms with Gasteiger partial charge >= 0.3 is 0 Å². The van der Waals surface area contributed by atoms with Gasteiger partial charge in [-0.15, -0.1) is 11.3 Å². The Labute approximate surface area is 211 Å². The van der Waals surface area contributed by atoms with Gasteiger partial charge in [-0.2, -0.15) is 0 Å². The standard InChI is InChI=1S/C26H21N3O4S2/c1-32-22-16-18(9-12-20(22)28-25(31)23-8-5-15-35-23)27-26(34)29-24(30)14-11-19-10-13-21(33-19)17-6-3-2-4-7-17/h2-16H,1H3,(H,28,31)(H2,27,29,30,34). The smallest absolute Gasteiger partial charge is 0.265 e. The van der Waals surface area contributed by atoms with Gasteiger partial charge in [-0.05, 0) is 54.0 Å². The summed E-state index contributed by atoms with van der Waals surface area (Å²) in [6.45, 7) is 0. The molecule has 0 atom stereocenters. The summed E-state index contributed by atoms with van der Waals surface area (Å²) in [4.78, 5) is 25.2. The van der Waals surface area contributed by atoms with Crippen LogP contribution >= 0.6 is 23.6 Å². The zero-order chi connectivity index (χ0) is 24.6. The fourth-order valence-electron chi connectivity index (χ4n) is 3.14. The molecule has 35 heavy (non-hydrogen) atoms. The zero-order valence-electron chi connectivity index (χ0n) is 18.6. The number of methoxy groups -OCH3 is 1. The molecule has 0 aliphatic heterocycles. The average Bonchev–Trinajstić information content (AvgIpc) is 3.57. The number of rotatable bonds is 7. The molecule has 0 saturated heterocycles. The molecule has 4 rings (SSSR count). The van der Waals surface area contributed by atoms with Crippen LogP contribution in [0.1, 0.15) is 15.4 Å². The second kappa shape index (κ2) is 11.3. The molecule has 2 amide bonds. The van der Waals surface area contributed by atoms with E-state index in [1.807, 2.05) is 47.8 Å². The molecule has 2 aromatic carbocycles. The summed E-state index contributed by atoms with van der Waals surface area (Å²) in [7, 11) is 1.50. The molecule has 7 nitrogen and oxygen atoms in total. The van der Waals surface area contributed by atoms with Crippen LogP contribution in [0.25, 0.3) is 17.4 Å². The number of amides is 2. The monoisotopic (exact) mass is 503 g/mol.